The number of piperidine rings is 1. The van der Waals surface area contributed by atoms with Gasteiger partial charge in [-0.05, 0) is 37.3 Å². The molecule has 2 N–H and O–H groups in total. The zero-order valence-electron chi connectivity index (χ0n) is 15.4. The van der Waals surface area contributed by atoms with E-state index in [0.717, 1.165) is 13.1 Å². The van der Waals surface area contributed by atoms with Gasteiger partial charge in [-0.15, -0.1) is 0 Å². The fourth-order valence-corrected chi connectivity index (χ4v) is 3.74. The molecule has 1 aliphatic heterocycles. The molecule has 0 saturated carbocycles. The molecule has 3 nitrogen and oxygen atoms in total. The van der Waals surface area contributed by atoms with Crippen molar-refractivity contribution in [3.05, 3.63) is 35.9 Å². The summed E-state index contributed by atoms with van der Waals surface area (Å²) < 4.78 is 0. The van der Waals surface area contributed by atoms with E-state index in [1.807, 2.05) is 0 Å². The normalized spacial score (nSPS) is 27.8. The van der Waals surface area contributed by atoms with Crippen LogP contribution in [0.5, 0.6) is 0 Å². The third-order valence-electron chi connectivity index (χ3n) is 5.75. The number of benzene rings is 1. The van der Waals surface area contributed by atoms with Crippen LogP contribution in [-0.2, 0) is 0 Å². The van der Waals surface area contributed by atoms with Crippen LogP contribution in [0.3, 0.4) is 0 Å². The number of hydrogen-bond donors (Lipinski definition) is 2. The zero-order valence-corrected chi connectivity index (χ0v) is 15.4. The van der Waals surface area contributed by atoms with Crippen molar-refractivity contribution in [2.24, 2.45) is 11.3 Å². The van der Waals surface area contributed by atoms with Crippen LogP contribution in [-0.4, -0.2) is 48.8 Å². The van der Waals surface area contributed by atoms with Crippen LogP contribution in [0, 0.1) is 11.3 Å². The first-order valence-corrected chi connectivity index (χ1v) is 8.94. The van der Waals surface area contributed by atoms with E-state index in [9.17, 15) is 5.11 Å². The lowest BCUT2D eigenvalue weighted by Gasteiger charge is -2.42. The second-order valence-corrected chi connectivity index (χ2v) is 8.13. The van der Waals surface area contributed by atoms with Crippen LogP contribution in [0.2, 0.25) is 0 Å². The minimum atomic E-state index is -0.130. The quantitative estimate of drug-likeness (QED) is 0.846. The first kappa shape index (κ1) is 18.4. The molecule has 2 rings (SSSR count). The topological polar surface area (TPSA) is 35.5 Å². The molecule has 0 amide bonds. The average Bonchev–Trinajstić information content (AvgIpc) is 2.53. The minimum Gasteiger partial charge on any atom is -0.396 e. The molecule has 1 fully saturated rings. The molecule has 0 aliphatic carbocycles. The van der Waals surface area contributed by atoms with Gasteiger partial charge in [0.15, 0.2) is 0 Å². The van der Waals surface area contributed by atoms with Gasteiger partial charge >= 0.3 is 0 Å². The minimum absolute atomic E-state index is 0.130. The fourth-order valence-electron chi connectivity index (χ4n) is 3.74. The summed E-state index contributed by atoms with van der Waals surface area (Å²) in [6.45, 7) is 11.2. The zero-order chi connectivity index (χ0) is 17.0. The maximum absolute atomic E-state index is 9.86. The van der Waals surface area contributed by atoms with Crippen molar-refractivity contribution >= 4 is 0 Å². The lowest BCUT2D eigenvalue weighted by molar-refractivity contribution is 0.104. The van der Waals surface area contributed by atoms with Gasteiger partial charge in [-0.1, -0.05) is 51.1 Å². The molecule has 1 saturated heterocycles. The van der Waals surface area contributed by atoms with E-state index in [2.05, 4.69) is 75.3 Å². The third-order valence-corrected chi connectivity index (χ3v) is 5.75. The summed E-state index contributed by atoms with van der Waals surface area (Å²) in [7, 11) is 2.22. The summed E-state index contributed by atoms with van der Waals surface area (Å²) in [6, 6.07) is 11.8. The Balaban J connectivity index is 2.07. The molecule has 130 valence electrons. The van der Waals surface area contributed by atoms with Crippen molar-refractivity contribution in [3.63, 3.8) is 0 Å². The SMILES string of the molecule is C[C@@H]1CN(C)[C@H](C)C[C@@H]1NC[C@H](c1ccccc1)C(C)(C)CO. The Morgan fingerprint density at radius 3 is 2.52 bits per heavy atom. The van der Waals surface area contributed by atoms with Crippen LogP contribution in [0.15, 0.2) is 30.3 Å². The van der Waals surface area contributed by atoms with Crippen LogP contribution in [0.4, 0.5) is 0 Å². The number of aliphatic hydroxyl groups excluding tert-OH is 1. The molecule has 4 atom stereocenters. The first-order valence-electron chi connectivity index (χ1n) is 8.94. The van der Waals surface area contributed by atoms with E-state index in [4.69, 9.17) is 0 Å². The Morgan fingerprint density at radius 2 is 1.91 bits per heavy atom. The number of rotatable bonds is 6. The van der Waals surface area contributed by atoms with E-state index in [1.165, 1.54) is 12.0 Å². The van der Waals surface area contributed by atoms with Gasteiger partial charge in [-0.25, -0.2) is 0 Å². The molecule has 0 radical (unpaired) electrons. The maximum atomic E-state index is 9.86. The fraction of sp³-hybridized carbons (Fsp3) is 0.700. The Labute approximate surface area is 142 Å². The molecule has 0 bridgehead atoms. The van der Waals surface area contributed by atoms with Crippen LogP contribution in [0.25, 0.3) is 0 Å². The highest BCUT2D eigenvalue weighted by Gasteiger charge is 2.33. The standard InChI is InChI=1S/C20H34N2O/c1-15-13-22(5)16(2)11-19(15)21-12-18(20(3,4)14-23)17-9-7-6-8-10-17/h6-10,15-16,18-19,21,23H,11-14H2,1-5H3/t15-,16-,18-,19+/m1/s1. The van der Waals surface area contributed by atoms with Gasteiger partial charge in [0.05, 0.1) is 0 Å². The van der Waals surface area contributed by atoms with E-state index in [-0.39, 0.29) is 12.0 Å². The molecule has 1 aliphatic rings. The van der Waals surface area contributed by atoms with Crippen molar-refractivity contribution in [1.82, 2.24) is 10.2 Å². The van der Waals surface area contributed by atoms with Crippen LogP contribution < -0.4 is 5.32 Å². The van der Waals surface area contributed by atoms with E-state index >= 15 is 0 Å². The van der Waals surface area contributed by atoms with Gasteiger partial charge in [0.1, 0.15) is 0 Å². The summed E-state index contributed by atoms with van der Waals surface area (Å²) in [5.41, 5.74) is 1.18. The van der Waals surface area contributed by atoms with Gasteiger partial charge < -0.3 is 15.3 Å². The smallest absolute Gasteiger partial charge is 0.0488 e. The van der Waals surface area contributed by atoms with E-state index in [0.29, 0.717) is 23.9 Å². The molecule has 1 aromatic rings. The second kappa shape index (κ2) is 7.78. The molecule has 1 heterocycles. The molecule has 1 aromatic carbocycles. The van der Waals surface area contributed by atoms with Crippen molar-refractivity contribution in [2.75, 3.05) is 26.7 Å². The molecule has 0 aromatic heterocycles. The average molecular weight is 319 g/mol. The summed E-state index contributed by atoms with van der Waals surface area (Å²) in [5, 5.41) is 13.7. The highest BCUT2D eigenvalue weighted by atomic mass is 16.3. The van der Waals surface area contributed by atoms with Crippen molar-refractivity contribution < 1.29 is 5.11 Å². The first-order chi connectivity index (χ1) is 10.8. The summed E-state index contributed by atoms with van der Waals surface area (Å²) in [5.74, 6) is 0.973. The lowest BCUT2D eigenvalue weighted by atomic mass is 9.75. The number of nitrogens with one attached hydrogen (secondary N) is 1. The number of likely N-dealkylation sites (tertiary alicyclic amines) is 1. The molecule has 0 spiro atoms. The van der Waals surface area contributed by atoms with Gasteiger partial charge in [0.25, 0.3) is 0 Å². The highest BCUT2D eigenvalue weighted by Crippen LogP contribution is 2.35. The third kappa shape index (κ3) is 4.56. The predicted molar refractivity (Wildman–Crippen MR) is 97.7 cm³/mol. The predicted octanol–water partition coefficient (Wildman–Crippen LogP) is 3.11. The molecular weight excluding hydrogens is 284 g/mol. The summed E-state index contributed by atoms with van der Waals surface area (Å²) in [6.07, 6.45) is 1.19. The Bertz CT molecular complexity index is 474. The van der Waals surface area contributed by atoms with Crippen molar-refractivity contribution in [1.29, 1.82) is 0 Å². The molecule has 0 unspecified atom stereocenters. The van der Waals surface area contributed by atoms with Gasteiger partial charge in [-0.3, -0.25) is 0 Å². The monoisotopic (exact) mass is 318 g/mol. The number of hydrogen-bond acceptors (Lipinski definition) is 3. The van der Waals surface area contributed by atoms with Gasteiger partial charge in [0.2, 0.25) is 0 Å². The second-order valence-electron chi connectivity index (χ2n) is 8.13. The molecular formula is C20H34N2O. The van der Waals surface area contributed by atoms with Crippen molar-refractivity contribution in [3.8, 4) is 0 Å². The maximum Gasteiger partial charge on any atom is 0.0488 e. The molecule has 3 heteroatoms. The summed E-state index contributed by atoms with van der Waals surface area (Å²) in [4.78, 5) is 2.45. The number of aliphatic hydroxyl groups is 1. The van der Waals surface area contributed by atoms with E-state index < -0.39 is 0 Å². The van der Waals surface area contributed by atoms with Crippen LogP contribution in [0.1, 0.15) is 45.6 Å². The van der Waals surface area contributed by atoms with Crippen LogP contribution >= 0.6 is 0 Å². The Morgan fingerprint density at radius 1 is 1.26 bits per heavy atom. The molecule has 23 heavy (non-hydrogen) atoms. The Kier molecular flexibility index (Phi) is 6.24. The number of nitrogens with zero attached hydrogens (tertiary/aromatic N) is 1. The summed E-state index contributed by atoms with van der Waals surface area (Å²) >= 11 is 0. The van der Waals surface area contributed by atoms with Crippen molar-refractivity contribution in [2.45, 2.75) is 52.1 Å². The van der Waals surface area contributed by atoms with Gasteiger partial charge in [-0.2, -0.15) is 0 Å². The Hall–Kier alpha value is -0.900. The largest absolute Gasteiger partial charge is 0.396 e. The highest BCUT2D eigenvalue weighted by molar-refractivity contribution is 5.22. The van der Waals surface area contributed by atoms with E-state index in [1.54, 1.807) is 0 Å². The lowest BCUT2D eigenvalue weighted by Crippen LogP contribution is -2.52. The van der Waals surface area contributed by atoms with Gasteiger partial charge in [0, 0.05) is 37.7 Å².